The van der Waals surface area contributed by atoms with Crippen molar-refractivity contribution in [2.75, 3.05) is 6.54 Å². The molecule has 1 N–H and O–H groups in total. The molecule has 3 rings (SSSR count). The third-order valence-corrected chi connectivity index (χ3v) is 4.31. The Labute approximate surface area is 99.7 Å². The molecule has 1 aromatic carbocycles. The average molecular weight is 232 g/mol. The minimum absolute atomic E-state index is 0.786. The smallest absolute Gasteiger partial charge is 0.0951 e. The van der Waals surface area contributed by atoms with Crippen molar-refractivity contribution in [2.24, 2.45) is 0 Å². The Kier molecular flexibility index (Phi) is 2.89. The largest absolute Gasteiger partial charge is 0.314 e. The van der Waals surface area contributed by atoms with Crippen molar-refractivity contribution < 1.29 is 0 Å². The first-order valence-electron chi connectivity index (χ1n) is 6.00. The number of fused-ring (bicyclic) bond motifs is 1. The quantitative estimate of drug-likeness (QED) is 0.876. The highest BCUT2D eigenvalue weighted by atomic mass is 32.1. The molecule has 1 aromatic heterocycles. The van der Waals surface area contributed by atoms with Gasteiger partial charge in [-0.15, -0.1) is 11.3 Å². The van der Waals surface area contributed by atoms with E-state index in [1.54, 1.807) is 0 Å². The first-order chi connectivity index (χ1) is 7.92. The Bertz CT molecular complexity index is 440. The number of hydrogen-bond donors (Lipinski definition) is 1. The van der Waals surface area contributed by atoms with Gasteiger partial charge in [0.25, 0.3) is 0 Å². The number of nitrogens with zero attached hydrogens (tertiary/aromatic N) is 1. The molecule has 0 atom stereocenters. The molecule has 0 unspecified atom stereocenters. The van der Waals surface area contributed by atoms with Gasteiger partial charge in [0.1, 0.15) is 0 Å². The van der Waals surface area contributed by atoms with Crippen LogP contribution in [0.3, 0.4) is 0 Å². The first kappa shape index (κ1) is 10.2. The van der Waals surface area contributed by atoms with E-state index in [0.717, 1.165) is 24.5 Å². The molecule has 2 aromatic rings. The van der Waals surface area contributed by atoms with Crippen LogP contribution in [0, 0.1) is 0 Å². The predicted molar refractivity (Wildman–Crippen MR) is 69.0 cm³/mol. The summed E-state index contributed by atoms with van der Waals surface area (Å²) in [5.74, 6) is 0. The number of thiazole rings is 1. The molecule has 0 aliphatic heterocycles. The summed E-state index contributed by atoms with van der Waals surface area (Å²) in [6, 6.07) is 9.16. The average Bonchev–Trinajstić information content (AvgIpc) is 2.64. The van der Waals surface area contributed by atoms with Crippen LogP contribution < -0.4 is 5.32 Å². The second-order valence-corrected chi connectivity index (χ2v) is 5.52. The van der Waals surface area contributed by atoms with Gasteiger partial charge in [-0.2, -0.15) is 0 Å². The number of nitrogens with one attached hydrogen (secondary N) is 1. The number of para-hydroxylation sites is 1. The predicted octanol–water partition coefficient (Wildman–Crippen LogP) is 2.98. The van der Waals surface area contributed by atoms with E-state index in [1.807, 2.05) is 11.3 Å². The summed E-state index contributed by atoms with van der Waals surface area (Å²) < 4.78 is 1.31. The molecule has 0 radical (unpaired) electrons. The molecule has 0 spiro atoms. The third-order valence-electron chi connectivity index (χ3n) is 3.22. The van der Waals surface area contributed by atoms with Crippen LogP contribution in [-0.4, -0.2) is 17.6 Å². The van der Waals surface area contributed by atoms with Gasteiger partial charge in [0.05, 0.1) is 15.2 Å². The second-order valence-electron chi connectivity index (χ2n) is 4.41. The highest BCUT2D eigenvalue weighted by molar-refractivity contribution is 7.18. The fourth-order valence-electron chi connectivity index (χ4n) is 2.02. The van der Waals surface area contributed by atoms with Gasteiger partial charge in [-0.25, -0.2) is 4.98 Å². The number of benzene rings is 1. The molecule has 1 aliphatic carbocycles. The zero-order valence-corrected chi connectivity index (χ0v) is 10.1. The summed E-state index contributed by atoms with van der Waals surface area (Å²) in [6.45, 7) is 1.07. The summed E-state index contributed by atoms with van der Waals surface area (Å²) in [4.78, 5) is 4.63. The maximum absolute atomic E-state index is 4.63. The summed E-state index contributed by atoms with van der Waals surface area (Å²) in [5, 5.41) is 4.84. The fourth-order valence-corrected chi connectivity index (χ4v) is 2.99. The van der Waals surface area contributed by atoms with E-state index in [1.165, 1.54) is 29.0 Å². The number of rotatable bonds is 4. The lowest BCUT2D eigenvalue weighted by molar-refractivity contribution is 0.342. The van der Waals surface area contributed by atoms with E-state index in [2.05, 4.69) is 34.6 Å². The van der Waals surface area contributed by atoms with Crippen molar-refractivity contribution >= 4 is 21.6 Å². The number of hydrogen-bond acceptors (Lipinski definition) is 3. The van der Waals surface area contributed by atoms with Gasteiger partial charge < -0.3 is 5.32 Å². The molecule has 0 bridgehead atoms. The highest BCUT2D eigenvalue weighted by Crippen LogP contribution is 2.22. The van der Waals surface area contributed by atoms with Gasteiger partial charge >= 0.3 is 0 Å². The molecule has 1 fully saturated rings. The molecular weight excluding hydrogens is 216 g/mol. The highest BCUT2D eigenvalue weighted by Gasteiger charge is 2.15. The van der Waals surface area contributed by atoms with Gasteiger partial charge in [-0.3, -0.25) is 0 Å². The lowest BCUT2D eigenvalue weighted by Crippen LogP contribution is -2.36. The van der Waals surface area contributed by atoms with E-state index in [0.29, 0.717) is 0 Å². The molecule has 1 aliphatic rings. The van der Waals surface area contributed by atoms with E-state index in [-0.39, 0.29) is 0 Å². The topological polar surface area (TPSA) is 24.9 Å². The normalized spacial score (nSPS) is 16.5. The summed E-state index contributed by atoms with van der Waals surface area (Å²) in [6.07, 6.45) is 5.19. The molecule has 84 valence electrons. The van der Waals surface area contributed by atoms with Crippen molar-refractivity contribution in [1.82, 2.24) is 10.3 Å². The van der Waals surface area contributed by atoms with Gasteiger partial charge in [0.2, 0.25) is 0 Å². The van der Waals surface area contributed by atoms with Crippen LogP contribution >= 0.6 is 11.3 Å². The zero-order chi connectivity index (χ0) is 10.8. The van der Waals surface area contributed by atoms with E-state index in [4.69, 9.17) is 0 Å². The summed E-state index contributed by atoms with van der Waals surface area (Å²) in [7, 11) is 0. The molecular formula is C13H16N2S. The van der Waals surface area contributed by atoms with E-state index in [9.17, 15) is 0 Å². The Balaban J connectivity index is 1.60. The van der Waals surface area contributed by atoms with Crippen LogP contribution in [0.4, 0.5) is 0 Å². The Hall–Kier alpha value is -0.930. The van der Waals surface area contributed by atoms with Gasteiger partial charge in [0, 0.05) is 19.0 Å². The van der Waals surface area contributed by atoms with Gasteiger partial charge in [-0.05, 0) is 25.0 Å². The monoisotopic (exact) mass is 232 g/mol. The maximum Gasteiger partial charge on any atom is 0.0951 e. The van der Waals surface area contributed by atoms with Crippen LogP contribution in [0.5, 0.6) is 0 Å². The van der Waals surface area contributed by atoms with Crippen LogP contribution in [0.2, 0.25) is 0 Å². The van der Waals surface area contributed by atoms with Crippen molar-refractivity contribution in [3.05, 3.63) is 29.3 Å². The van der Waals surface area contributed by atoms with Crippen LogP contribution in [0.25, 0.3) is 10.2 Å². The van der Waals surface area contributed by atoms with Gasteiger partial charge in [-0.1, -0.05) is 18.6 Å². The lowest BCUT2D eigenvalue weighted by atomic mass is 9.93. The minimum atomic E-state index is 0.786. The summed E-state index contributed by atoms with van der Waals surface area (Å²) in [5.41, 5.74) is 1.14. The van der Waals surface area contributed by atoms with Crippen LogP contribution in [0.15, 0.2) is 24.3 Å². The molecule has 1 saturated carbocycles. The van der Waals surface area contributed by atoms with E-state index < -0.39 is 0 Å². The lowest BCUT2D eigenvalue weighted by Gasteiger charge is -2.26. The molecule has 1 heterocycles. The second kappa shape index (κ2) is 4.52. The Morgan fingerprint density at radius 2 is 2.19 bits per heavy atom. The molecule has 3 heteroatoms. The molecule has 2 nitrogen and oxygen atoms in total. The fraction of sp³-hybridized carbons (Fsp3) is 0.462. The zero-order valence-electron chi connectivity index (χ0n) is 9.28. The molecule has 0 amide bonds. The van der Waals surface area contributed by atoms with Crippen molar-refractivity contribution in [3.8, 4) is 0 Å². The molecule has 16 heavy (non-hydrogen) atoms. The third kappa shape index (κ3) is 2.11. The van der Waals surface area contributed by atoms with Crippen molar-refractivity contribution in [3.63, 3.8) is 0 Å². The summed E-state index contributed by atoms with van der Waals surface area (Å²) >= 11 is 1.82. The minimum Gasteiger partial charge on any atom is -0.314 e. The first-order valence-corrected chi connectivity index (χ1v) is 6.81. The van der Waals surface area contributed by atoms with Crippen molar-refractivity contribution in [1.29, 1.82) is 0 Å². The van der Waals surface area contributed by atoms with Crippen LogP contribution in [-0.2, 0) is 6.42 Å². The standard InChI is InChI=1S/C13H16N2S/c1-2-7-12-11(6-1)15-13(16-12)8-9-14-10-4-3-5-10/h1-2,6-7,10,14H,3-5,8-9H2. The van der Waals surface area contributed by atoms with Crippen LogP contribution in [0.1, 0.15) is 24.3 Å². The Morgan fingerprint density at radius 3 is 2.94 bits per heavy atom. The maximum atomic E-state index is 4.63. The van der Waals surface area contributed by atoms with E-state index >= 15 is 0 Å². The van der Waals surface area contributed by atoms with Gasteiger partial charge in [0.15, 0.2) is 0 Å². The number of aromatic nitrogens is 1. The van der Waals surface area contributed by atoms with Crippen molar-refractivity contribution in [2.45, 2.75) is 31.7 Å². The Morgan fingerprint density at radius 1 is 1.31 bits per heavy atom. The SMILES string of the molecule is c1ccc2sc(CCNC3CCC3)nc2c1. The molecule has 0 saturated heterocycles.